The Morgan fingerprint density at radius 3 is 1.77 bits per heavy atom. The molecule has 2 heterocycles. The first kappa shape index (κ1) is 17.7. The number of hydrogen-bond donors (Lipinski definition) is 0. The molecule has 0 unspecified atom stereocenters. The van der Waals surface area contributed by atoms with Crippen molar-refractivity contribution < 1.29 is 23.1 Å². The van der Waals surface area contributed by atoms with Crippen molar-refractivity contribution in [1.29, 1.82) is 0 Å². The zero-order valence-electron chi connectivity index (χ0n) is 12.2. The Morgan fingerprint density at radius 1 is 0.909 bits per heavy atom. The molecule has 0 aliphatic heterocycles. The third-order valence-corrected chi connectivity index (χ3v) is 4.91. The summed E-state index contributed by atoms with van der Waals surface area (Å²) in [5.41, 5.74) is 1.44. The highest BCUT2D eigenvalue weighted by atomic mass is 32.1. The van der Waals surface area contributed by atoms with Crippen LogP contribution in [-0.4, -0.2) is 24.2 Å². The van der Waals surface area contributed by atoms with Crippen molar-refractivity contribution in [2.24, 2.45) is 0 Å². The molecule has 0 bridgehead atoms. The zero-order valence-corrected chi connectivity index (χ0v) is 14.9. The Bertz CT molecular complexity index is 554. The SMILES string of the molecule is COCc1nc(CO[PH](=O)OCc2csc(COC)n2)cs1. The molecule has 0 aliphatic rings. The Kier molecular flexibility index (Phi) is 7.61. The molecule has 10 heteroatoms. The molecule has 0 radical (unpaired) electrons. The number of ether oxygens (including phenoxy) is 2. The lowest BCUT2D eigenvalue weighted by Crippen LogP contribution is -1.92. The molecule has 0 aliphatic carbocycles. The van der Waals surface area contributed by atoms with Gasteiger partial charge in [-0.3, -0.25) is 4.57 Å². The fourth-order valence-corrected chi connectivity index (χ4v) is 3.63. The van der Waals surface area contributed by atoms with E-state index in [0.29, 0.717) is 13.2 Å². The monoisotopic (exact) mass is 364 g/mol. The van der Waals surface area contributed by atoms with Crippen LogP contribution in [0.5, 0.6) is 0 Å². The quantitative estimate of drug-likeness (QED) is 0.600. The summed E-state index contributed by atoms with van der Waals surface area (Å²) in [6.45, 7) is 1.24. The van der Waals surface area contributed by atoms with Gasteiger partial charge in [-0.2, -0.15) is 0 Å². The van der Waals surface area contributed by atoms with Crippen molar-refractivity contribution >= 4 is 30.9 Å². The number of thiazole rings is 2. The van der Waals surface area contributed by atoms with Crippen LogP contribution in [0.2, 0.25) is 0 Å². The molecule has 22 heavy (non-hydrogen) atoms. The standard InChI is InChI=1S/C12H17N2O5PS2/c1-16-5-11-13-9(7-21-11)3-18-20(15)19-4-10-8-22-12(14-10)6-17-2/h7-8,20H,3-6H2,1-2H3. The van der Waals surface area contributed by atoms with E-state index in [0.717, 1.165) is 21.4 Å². The summed E-state index contributed by atoms with van der Waals surface area (Å²) in [6.07, 6.45) is 0. The third-order valence-electron chi connectivity index (χ3n) is 2.41. The molecule has 2 rings (SSSR count). The molecule has 2 aromatic rings. The molecule has 0 atom stereocenters. The molecular weight excluding hydrogens is 347 g/mol. The molecule has 0 saturated carbocycles. The minimum atomic E-state index is -2.57. The van der Waals surface area contributed by atoms with E-state index in [1.807, 2.05) is 10.8 Å². The van der Waals surface area contributed by atoms with E-state index in [1.54, 1.807) is 14.2 Å². The van der Waals surface area contributed by atoms with Gasteiger partial charge in [-0.05, 0) is 0 Å². The van der Waals surface area contributed by atoms with Gasteiger partial charge in [-0.1, -0.05) is 0 Å². The van der Waals surface area contributed by atoms with Crippen LogP contribution in [0.3, 0.4) is 0 Å². The Labute approximate surface area is 137 Å². The first-order valence-electron chi connectivity index (χ1n) is 6.35. The Morgan fingerprint density at radius 2 is 1.36 bits per heavy atom. The number of nitrogens with zero attached hydrogens (tertiary/aromatic N) is 2. The summed E-state index contributed by atoms with van der Waals surface area (Å²) in [4.78, 5) is 8.56. The minimum absolute atomic E-state index is 0.157. The van der Waals surface area contributed by atoms with Crippen LogP contribution in [0.25, 0.3) is 0 Å². The van der Waals surface area contributed by atoms with Crippen molar-refractivity contribution in [3.63, 3.8) is 0 Å². The first-order chi connectivity index (χ1) is 10.7. The second-order valence-electron chi connectivity index (χ2n) is 4.16. The van der Waals surface area contributed by atoms with Crippen molar-refractivity contribution in [2.45, 2.75) is 26.4 Å². The van der Waals surface area contributed by atoms with Crippen LogP contribution < -0.4 is 0 Å². The van der Waals surface area contributed by atoms with Crippen LogP contribution in [0, 0.1) is 0 Å². The Balaban J connectivity index is 1.70. The van der Waals surface area contributed by atoms with E-state index in [2.05, 4.69) is 9.97 Å². The smallest absolute Gasteiger partial charge is 0.319 e. The van der Waals surface area contributed by atoms with Gasteiger partial charge in [0, 0.05) is 25.0 Å². The zero-order chi connectivity index (χ0) is 15.8. The van der Waals surface area contributed by atoms with E-state index >= 15 is 0 Å². The molecule has 0 saturated heterocycles. The molecule has 2 aromatic heterocycles. The van der Waals surface area contributed by atoms with E-state index in [9.17, 15) is 4.57 Å². The lowest BCUT2D eigenvalue weighted by Gasteiger charge is -2.02. The topological polar surface area (TPSA) is 79.8 Å². The van der Waals surface area contributed by atoms with Gasteiger partial charge in [0.25, 0.3) is 0 Å². The second-order valence-corrected chi connectivity index (χ2v) is 7.12. The Hall–Kier alpha value is -0.670. The van der Waals surface area contributed by atoms with Crippen molar-refractivity contribution in [1.82, 2.24) is 9.97 Å². The summed E-state index contributed by atoms with van der Waals surface area (Å²) in [6, 6.07) is 0. The van der Waals surface area contributed by atoms with Gasteiger partial charge in [0.2, 0.25) is 0 Å². The predicted molar refractivity (Wildman–Crippen MR) is 84.2 cm³/mol. The van der Waals surface area contributed by atoms with Crippen LogP contribution >= 0.6 is 30.9 Å². The molecule has 7 nitrogen and oxygen atoms in total. The number of methoxy groups -OCH3 is 2. The van der Waals surface area contributed by atoms with Gasteiger partial charge in [0.15, 0.2) is 0 Å². The maximum atomic E-state index is 11.7. The number of hydrogen-bond acceptors (Lipinski definition) is 9. The van der Waals surface area contributed by atoms with E-state index in [4.69, 9.17) is 18.5 Å². The highest BCUT2D eigenvalue weighted by Gasteiger charge is 2.07. The van der Waals surface area contributed by atoms with Crippen molar-refractivity contribution in [2.75, 3.05) is 14.2 Å². The highest BCUT2D eigenvalue weighted by molar-refractivity contribution is 7.33. The van der Waals surface area contributed by atoms with E-state index < -0.39 is 8.25 Å². The average Bonchev–Trinajstić information content (AvgIpc) is 3.13. The molecule has 0 spiro atoms. The van der Waals surface area contributed by atoms with Crippen molar-refractivity contribution in [3.8, 4) is 0 Å². The molecule has 0 amide bonds. The van der Waals surface area contributed by atoms with Crippen molar-refractivity contribution in [3.05, 3.63) is 32.2 Å². The lowest BCUT2D eigenvalue weighted by molar-refractivity contribution is 0.183. The second kappa shape index (κ2) is 9.46. The lowest BCUT2D eigenvalue weighted by atomic mass is 10.5. The summed E-state index contributed by atoms with van der Waals surface area (Å²) in [7, 11) is 0.650. The van der Waals surface area contributed by atoms with Gasteiger partial charge >= 0.3 is 8.25 Å². The normalized spacial score (nSPS) is 11.4. The van der Waals surface area contributed by atoms with Crippen LogP contribution in [0.15, 0.2) is 10.8 Å². The van der Waals surface area contributed by atoms with Gasteiger partial charge in [0.05, 0.1) is 37.8 Å². The average molecular weight is 364 g/mol. The van der Waals surface area contributed by atoms with Gasteiger partial charge in [0.1, 0.15) is 10.0 Å². The summed E-state index contributed by atoms with van der Waals surface area (Å²) in [5.74, 6) is 0. The fourth-order valence-electron chi connectivity index (χ4n) is 1.52. The minimum Gasteiger partial charge on any atom is -0.378 e. The molecule has 122 valence electrons. The summed E-state index contributed by atoms with van der Waals surface area (Å²) >= 11 is 2.95. The van der Waals surface area contributed by atoms with Gasteiger partial charge in [-0.25, -0.2) is 9.97 Å². The van der Waals surface area contributed by atoms with Gasteiger partial charge in [-0.15, -0.1) is 22.7 Å². The van der Waals surface area contributed by atoms with Crippen LogP contribution in [0.1, 0.15) is 21.4 Å². The molecule has 0 fully saturated rings. The van der Waals surface area contributed by atoms with Crippen LogP contribution in [0.4, 0.5) is 0 Å². The summed E-state index contributed by atoms with van der Waals surface area (Å²) in [5, 5.41) is 5.41. The summed E-state index contributed by atoms with van der Waals surface area (Å²) < 4.78 is 32.0. The third kappa shape index (κ3) is 5.85. The predicted octanol–water partition coefficient (Wildman–Crippen LogP) is 3.02. The molecular formula is C12H17N2O5PS2. The highest BCUT2D eigenvalue weighted by Crippen LogP contribution is 2.28. The fraction of sp³-hybridized carbons (Fsp3) is 0.500. The van der Waals surface area contributed by atoms with Gasteiger partial charge < -0.3 is 18.5 Å². The largest absolute Gasteiger partial charge is 0.378 e. The first-order valence-corrected chi connectivity index (χ1v) is 9.33. The number of aromatic nitrogens is 2. The van der Waals surface area contributed by atoms with E-state index in [-0.39, 0.29) is 13.2 Å². The maximum absolute atomic E-state index is 11.7. The maximum Gasteiger partial charge on any atom is 0.319 e. The molecule has 0 N–H and O–H groups in total. The van der Waals surface area contributed by atoms with Crippen LogP contribution in [-0.2, 0) is 49.5 Å². The van der Waals surface area contributed by atoms with E-state index in [1.165, 1.54) is 22.7 Å². The molecule has 0 aromatic carbocycles. The number of rotatable bonds is 10.